The molecule has 0 saturated carbocycles. The normalized spacial score (nSPS) is 11.4. The smallest absolute Gasteiger partial charge is 0.225 e. The third kappa shape index (κ3) is 2.18. The van der Waals surface area contributed by atoms with E-state index in [1.165, 1.54) is 6.07 Å². The fraction of sp³-hybridized carbons (Fsp3) is 0.111. The van der Waals surface area contributed by atoms with Gasteiger partial charge in [-0.2, -0.15) is 0 Å². The summed E-state index contributed by atoms with van der Waals surface area (Å²) in [5, 5.41) is 4.79. The fourth-order valence-electron chi connectivity index (χ4n) is 0.997. The van der Waals surface area contributed by atoms with Crippen LogP contribution in [0.5, 0.6) is 0 Å². The number of benzene rings is 1. The van der Waals surface area contributed by atoms with Crippen LogP contribution in [0.2, 0.25) is 0 Å². The number of halogens is 1. The van der Waals surface area contributed by atoms with Gasteiger partial charge in [0.05, 0.1) is 0 Å². The molecule has 1 aromatic rings. The molecule has 3 nitrogen and oxygen atoms in total. The van der Waals surface area contributed by atoms with Crippen molar-refractivity contribution in [3.8, 4) is 0 Å². The monoisotopic (exact) mass is 215 g/mol. The first-order valence-corrected chi connectivity index (χ1v) is 5.35. The van der Waals surface area contributed by atoms with Gasteiger partial charge in [0.1, 0.15) is 10.7 Å². The summed E-state index contributed by atoms with van der Waals surface area (Å²) in [6, 6.07) is 3.70. The fourth-order valence-corrected chi connectivity index (χ4v) is 1.59. The second kappa shape index (κ2) is 3.51. The van der Waals surface area contributed by atoms with Crippen molar-refractivity contribution in [2.75, 3.05) is 0 Å². The van der Waals surface area contributed by atoms with Gasteiger partial charge in [-0.15, -0.1) is 0 Å². The number of primary sulfonamides is 1. The summed E-state index contributed by atoms with van der Waals surface area (Å²) < 4.78 is 34.9. The molecule has 0 unspecified atom stereocenters. The summed E-state index contributed by atoms with van der Waals surface area (Å²) in [5.74, 6) is -0.854. The van der Waals surface area contributed by atoms with Crippen molar-refractivity contribution in [2.24, 2.45) is 5.14 Å². The van der Waals surface area contributed by atoms with Gasteiger partial charge in [0.25, 0.3) is 0 Å². The molecule has 0 spiro atoms. The molecule has 0 aromatic heterocycles. The molecular formula is C9H10FNO2S. The van der Waals surface area contributed by atoms with Gasteiger partial charge in [0.15, 0.2) is 0 Å². The minimum absolute atomic E-state index is 0.498. The summed E-state index contributed by atoms with van der Waals surface area (Å²) in [5.41, 5.74) is 1.21. The Morgan fingerprint density at radius 3 is 2.43 bits per heavy atom. The molecule has 0 radical (unpaired) electrons. The van der Waals surface area contributed by atoms with Crippen molar-refractivity contribution in [3.05, 3.63) is 36.2 Å². The Kier molecular flexibility index (Phi) is 2.73. The van der Waals surface area contributed by atoms with Crippen molar-refractivity contribution in [2.45, 2.75) is 11.8 Å². The maximum absolute atomic E-state index is 13.2. The van der Waals surface area contributed by atoms with Gasteiger partial charge in [-0.25, -0.2) is 17.9 Å². The van der Waals surface area contributed by atoms with E-state index in [-0.39, 0.29) is 0 Å². The second-order valence-corrected chi connectivity index (χ2v) is 4.50. The zero-order valence-corrected chi connectivity index (χ0v) is 8.44. The first-order chi connectivity index (χ1) is 6.32. The van der Waals surface area contributed by atoms with Crippen LogP contribution in [0.1, 0.15) is 12.5 Å². The van der Waals surface area contributed by atoms with E-state index in [0.717, 1.165) is 12.1 Å². The third-order valence-electron chi connectivity index (χ3n) is 1.73. The zero-order valence-electron chi connectivity index (χ0n) is 7.62. The molecule has 5 heteroatoms. The van der Waals surface area contributed by atoms with Gasteiger partial charge in [0, 0.05) is 0 Å². The Labute approximate surface area is 82.1 Å². The maximum Gasteiger partial charge on any atom is 0.240 e. The minimum atomic E-state index is -3.98. The summed E-state index contributed by atoms with van der Waals surface area (Å²) in [6.45, 7) is 5.31. The molecule has 1 aromatic carbocycles. The molecule has 0 aliphatic carbocycles. The van der Waals surface area contributed by atoms with Gasteiger partial charge in [-0.05, 0) is 24.6 Å². The number of hydrogen-bond donors (Lipinski definition) is 1. The Balaban J connectivity index is 3.35. The predicted octanol–water partition coefficient (Wildman–Crippen LogP) is 1.51. The Morgan fingerprint density at radius 2 is 2.07 bits per heavy atom. The summed E-state index contributed by atoms with van der Waals surface area (Å²) in [7, 11) is -3.98. The molecule has 14 heavy (non-hydrogen) atoms. The molecule has 0 atom stereocenters. The van der Waals surface area contributed by atoms with E-state index in [0.29, 0.717) is 11.1 Å². The van der Waals surface area contributed by atoms with Crippen molar-refractivity contribution in [1.82, 2.24) is 0 Å². The van der Waals surface area contributed by atoms with Crippen LogP contribution in [0.4, 0.5) is 4.39 Å². The van der Waals surface area contributed by atoms with Crippen LogP contribution in [0.3, 0.4) is 0 Å². The quantitative estimate of drug-likeness (QED) is 0.812. The van der Waals surface area contributed by atoms with Gasteiger partial charge in [-0.3, -0.25) is 0 Å². The number of allylic oxidation sites excluding steroid dienone is 1. The van der Waals surface area contributed by atoms with E-state index in [1.807, 2.05) is 0 Å². The van der Waals surface area contributed by atoms with E-state index in [1.54, 1.807) is 6.92 Å². The molecule has 0 fully saturated rings. The Hall–Kier alpha value is -1.20. The van der Waals surface area contributed by atoms with E-state index in [2.05, 4.69) is 6.58 Å². The second-order valence-electron chi connectivity index (χ2n) is 2.97. The summed E-state index contributed by atoms with van der Waals surface area (Å²) in [6.07, 6.45) is 0. The molecule has 0 amide bonds. The lowest BCUT2D eigenvalue weighted by Crippen LogP contribution is -2.14. The van der Waals surface area contributed by atoms with Gasteiger partial charge < -0.3 is 0 Å². The largest absolute Gasteiger partial charge is 0.240 e. The number of nitrogens with two attached hydrogens (primary N) is 1. The third-order valence-corrected chi connectivity index (χ3v) is 2.68. The van der Waals surface area contributed by atoms with Crippen molar-refractivity contribution < 1.29 is 12.8 Å². The molecule has 0 aliphatic heterocycles. The average Bonchev–Trinajstić information content (AvgIpc) is 2.01. The van der Waals surface area contributed by atoms with Crippen molar-refractivity contribution >= 4 is 15.6 Å². The van der Waals surface area contributed by atoms with Gasteiger partial charge in [-0.1, -0.05) is 18.2 Å². The number of rotatable bonds is 2. The molecule has 0 bridgehead atoms. The van der Waals surface area contributed by atoms with Crippen LogP contribution < -0.4 is 5.14 Å². The highest BCUT2D eigenvalue weighted by molar-refractivity contribution is 7.89. The number of sulfonamides is 1. The van der Waals surface area contributed by atoms with Crippen LogP contribution >= 0.6 is 0 Å². The Bertz CT molecular complexity index is 480. The molecule has 0 saturated heterocycles. The standard InChI is InChI=1S/C9H10FNO2S/c1-6(2)7-3-4-9(8(10)5-7)14(11,12)13/h3-5H,1H2,2H3,(H2,11,12,13). The van der Waals surface area contributed by atoms with E-state index < -0.39 is 20.7 Å². The predicted molar refractivity (Wildman–Crippen MR) is 52.5 cm³/mol. The van der Waals surface area contributed by atoms with Crippen molar-refractivity contribution in [1.29, 1.82) is 0 Å². The van der Waals surface area contributed by atoms with Crippen LogP contribution in [0, 0.1) is 5.82 Å². The lowest BCUT2D eigenvalue weighted by molar-refractivity contribution is 0.568. The zero-order chi connectivity index (χ0) is 10.9. The molecule has 0 heterocycles. The Morgan fingerprint density at radius 1 is 1.50 bits per heavy atom. The summed E-state index contributed by atoms with van der Waals surface area (Å²) >= 11 is 0. The first kappa shape index (κ1) is 10.9. The minimum Gasteiger partial charge on any atom is -0.225 e. The molecule has 2 N–H and O–H groups in total. The van der Waals surface area contributed by atoms with Crippen LogP contribution in [0.15, 0.2) is 29.7 Å². The highest BCUT2D eigenvalue weighted by Crippen LogP contribution is 2.18. The van der Waals surface area contributed by atoms with Crippen molar-refractivity contribution in [3.63, 3.8) is 0 Å². The van der Waals surface area contributed by atoms with Crippen LogP contribution in [0.25, 0.3) is 5.57 Å². The van der Waals surface area contributed by atoms with Gasteiger partial charge in [0.2, 0.25) is 10.0 Å². The van der Waals surface area contributed by atoms with Crippen LogP contribution in [-0.2, 0) is 10.0 Å². The lowest BCUT2D eigenvalue weighted by atomic mass is 10.1. The molecular weight excluding hydrogens is 205 g/mol. The highest BCUT2D eigenvalue weighted by Gasteiger charge is 2.14. The summed E-state index contributed by atoms with van der Waals surface area (Å²) in [4.78, 5) is -0.498. The van der Waals surface area contributed by atoms with Gasteiger partial charge >= 0.3 is 0 Å². The molecule has 76 valence electrons. The van der Waals surface area contributed by atoms with E-state index in [9.17, 15) is 12.8 Å². The van der Waals surface area contributed by atoms with E-state index >= 15 is 0 Å². The van der Waals surface area contributed by atoms with Crippen LogP contribution in [-0.4, -0.2) is 8.42 Å². The SMILES string of the molecule is C=C(C)c1ccc(S(N)(=O)=O)c(F)c1. The lowest BCUT2D eigenvalue weighted by Gasteiger charge is -2.03. The topological polar surface area (TPSA) is 60.2 Å². The average molecular weight is 215 g/mol. The highest BCUT2D eigenvalue weighted by atomic mass is 32.2. The number of hydrogen-bond acceptors (Lipinski definition) is 2. The molecule has 1 rings (SSSR count). The van der Waals surface area contributed by atoms with E-state index in [4.69, 9.17) is 5.14 Å². The molecule has 0 aliphatic rings. The first-order valence-electron chi connectivity index (χ1n) is 3.80. The maximum atomic E-state index is 13.2.